The molecular formula is C18H21NOS. The van der Waals surface area contributed by atoms with E-state index >= 15 is 0 Å². The molecule has 3 heteroatoms. The molecule has 0 unspecified atom stereocenters. The maximum absolute atomic E-state index is 12.2. The molecule has 0 radical (unpaired) electrons. The highest BCUT2D eigenvalue weighted by Crippen LogP contribution is 2.27. The predicted molar refractivity (Wildman–Crippen MR) is 87.5 cm³/mol. The fraction of sp³-hybridized carbons (Fsp3) is 0.444. The minimum atomic E-state index is 0.357. The Labute approximate surface area is 130 Å². The maximum Gasteiger partial charge on any atom is 0.139 e. The molecule has 0 spiro atoms. The molecule has 0 bridgehead atoms. The first kappa shape index (κ1) is 14.5. The Morgan fingerprint density at radius 1 is 1.14 bits per heavy atom. The number of hydrogen-bond acceptors (Lipinski definition) is 3. The third-order valence-corrected chi connectivity index (χ3v) is 5.06. The Bertz CT molecular complexity index is 584. The van der Waals surface area contributed by atoms with Gasteiger partial charge in [-0.2, -0.15) is 0 Å². The van der Waals surface area contributed by atoms with Crippen molar-refractivity contribution >= 4 is 17.1 Å². The van der Waals surface area contributed by atoms with Crippen molar-refractivity contribution in [1.29, 1.82) is 0 Å². The first-order valence-corrected chi connectivity index (χ1v) is 8.71. The van der Waals surface area contributed by atoms with Gasteiger partial charge in [0.2, 0.25) is 0 Å². The van der Waals surface area contributed by atoms with Crippen molar-refractivity contribution in [3.8, 4) is 11.3 Å². The van der Waals surface area contributed by atoms with Crippen LogP contribution in [0.4, 0.5) is 0 Å². The minimum Gasteiger partial charge on any atom is -0.299 e. The van der Waals surface area contributed by atoms with Gasteiger partial charge in [0, 0.05) is 17.4 Å². The number of thiazole rings is 1. The summed E-state index contributed by atoms with van der Waals surface area (Å²) in [5.74, 6) is 0.982. The van der Waals surface area contributed by atoms with Crippen LogP contribution in [0.5, 0.6) is 0 Å². The zero-order valence-electron chi connectivity index (χ0n) is 12.3. The number of ketones is 1. The Kier molecular flexibility index (Phi) is 4.81. The van der Waals surface area contributed by atoms with Gasteiger partial charge in [0.15, 0.2) is 0 Å². The van der Waals surface area contributed by atoms with E-state index in [1.54, 1.807) is 11.3 Å². The minimum absolute atomic E-state index is 0.357. The summed E-state index contributed by atoms with van der Waals surface area (Å²) in [5, 5.41) is 3.01. The monoisotopic (exact) mass is 299 g/mol. The number of nitrogens with zero attached hydrogens (tertiary/aromatic N) is 1. The van der Waals surface area contributed by atoms with Crippen molar-refractivity contribution < 1.29 is 4.79 Å². The number of carbonyl (C=O) groups excluding carboxylic acids is 1. The highest BCUT2D eigenvalue weighted by atomic mass is 32.1. The van der Waals surface area contributed by atoms with Crippen LogP contribution in [-0.2, 0) is 11.2 Å². The molecule has 3 rings (SSSR count). The van der Waals surface area contributed by atoms with Crippen molar-refractivity contribution in [2.45, 2.75) is 44.9 Å². The molecule has 1 aromatic heterocycles. The molecule has 0 amide bonds. The number of carbonyl (C=O) groups is 1. The summed E-state index contributed by atoms with van der Waals surface area (Å²) in [6, 6.07) is 10.2. The van der Waals surface area contributed by atoms with Gasteiger partial charge >= 0.3 is 0 Å². The molecule has 2 nitrogen and oxygen atoms in total. The molecule has 110 valence electrons. The van der Waals surface area contributed by atoms with Crippen LogP contribution in [0.3, 0.4) is 0 Å². The molecule has 2 aromatic rings. The maximum atomic E-state index is 12.2. The van der Waals surface area contributed by atoms with Gasteiger partial charge in [0.1, 0.15) is 10.8 Å². The van der Waals surface area contributed by atoms with Gasteiger partial charge in [-0.1, -0.05) is 62.4 Å². The summed E-state index contributed by atoms with van der Waals surface area (Å²) in [5.41, 5.74) is 2.11. The molecule has 1 fully saturated rings. The zero-order valence-corrected chi connectivity index (χ0v) is 13.1. The lowest BCUT2D eigenvalue weighted by molar-refractivity contribution is -0.119. The Hall–Kier alpha value is -1.48. The molecule has 1 aliphatic carbocycles. The largest absolute Gasteiger partial charge is 0.299 e. The van der Waals surface area contributed by atoms with Gasteiger partial charge < -0.3 is 0 Å². The van der Waals surface area contributed by atoms with E-state index in [0.717, 1.165) is 22.7 Å². The van der Waals surface area contributed by atoms with E-state index in [2.05, 4.69) is 22.5 Å². The molecular weight excluding hydrogens is 278 g/mol. The van der Waals surface area contributed by atoms with Gasteiger partial charge in [-0.15, -0.1) is 11.3 Å². The molecule has 0 saturated heterocycles. The van der Waals surface area contributed by atoms with E-state index in [1.165, 1.54) is 32.1 Å². The molecule has 1 aliphatic rings. The van der Waals surface area contributed by atoms with Crippen LogP contribution in [0.15, 0.2) is 35.7 Å². The summed E-state index contributed by atoms with van der Waals surface area (Å²) >= 11 is 1.60. The van der Waals surface area contributed by atoms with E-state index in [9.17, 15) is 4.79 Å². The molecule has 0 aliphatic heterocycles. The van der Waals surface area contributed by atoms with Crippen LogP contribution in [0.1, 0.15) is 43.5 Å². The van der Waals surface area contributed by atoms with Crippen molar-refractivity contribution in [2.75, 3.05) is 0 Å². The zero-order chi connectivity index (χ0) is 14.5. The summed E-state index contributed by atoms with van der Waals surface area (Å²) in [6.45, 7) is 0. The van der Waals surface area contributed by atoms with Crippen molar-refractivity contribution in [2.24, 2.45) is 5.92 Å². The molecule has 1 saturated carbocycles. The average molecular weight is 299 g/mol. The number of Topliss-reactive ketones (excluding diaryl/α,β-unsaturated/α-hetero) is 1. The smallest absolute Gasteiger partial charge is 0.139 e. The highest BCUT2D eigenvalue weighted by Gasteiger charge is 2.18. The second-order valence-electron chi connectivity index (χ2n) is 5.92. The van der Waals surface area contributed by atoms with Crippen molar-refractivity contribution in [3.05, 3.63) is 40.7 Å². The van der Waals surface area contributed by atoms with Crippen LogP contribution >= 0.6 is 11.3 Å². The number of aromatic nitrogens is 1. The quantitative estimate of drug-likeness (QED) is 0.786. The third kappa shape index (κ3) is 4.01. The first-order valence-electron chi connectivity index (χ1n) is 7.83. The number of rotatable bonds is 5. The molecule has 1 aromatic carbocycles. The molecule has 0 atom stereocenters. The second kappa shape index (κ2) is 6.99. The normalized spacial score (nSPS) is 16.0. The lowest BCUT2D eigenvalue weighted by Gasteiger charge is -2.20. The number of benzene rings is 1. The van der Waals surface area contributed by atoms with E-state index in [4.69, 9.17) is 0 Å². The fourth-order valence-corrected chi connectivity index (χ4v) is 3.92. The number of hydrogen-bond donors (Lipinski definition) is 0. The summed E-state index contributed by atoms with van der Waals surface area (Å²) in [7, 11) is 0. The topological polar surface area (TPSA) is 30.0 Å². The van der Waals surface area contributed by atoms with Gasteiger partial charge in [0.25, 0.3) is 0 Å². The van der Waals surface area contributed by atoms with Crippen LogP contribution in [0.2, 0.25) is 0 Å². The lowest BCUT2D eigenvalue weighted by atomic mass is 9.85. The first-order chi connectivity index (χ1) is 10.3. The Morgan fingerprint density at radius 2 is 1.90 bits per heavy atom. The molecule has 0 N–H and O–H groups in total. The predicted octanol–water partition coefficient (Wildman–Crippen LogP) is 4.89. The van der Waals surface area contributed by atoms with Crippen molar-refractivity contribution in [1.82, 2.24) is 4.98 Å². The van der Waals surface area contributed by atoms with Crippen LogP contribution < -0.4 is 0 Å². The molecule has 21 heavy (non-hydrogen) atoms. The fourth-order valence-electron chi connectivity index (χ4n) is 3.09. The van der Waals surface area contributed by atoms with Crippen LogP contribution in [0, 0.1) is 5.92 Å². The summed E-state index contributed by atoms with van der Waals surface area (Å²) < 4.78 is 0. The van der Waals surface area contributed by atoms with Crippen LogP contribution in [0.25, 0.3) is 11.3 Å². The lowest BCUT2D eigenvalue weighted by Crippen LogP contribution is -2.13. The average Bonchev–Trinajstić information content (AvgIpc) is 2.97. The van der Waals surface area contributed by atoms with Gasteiger partial charge in [-0.25, -0.2) is 4.98 Å². The third-order valence-electron chi connectivity index (χ3n) is 4.21. The Balaban J connectivity index is 1.58. The second-order valence-corrected chi connectivity index (χ2v) is 6.86. The van der Waals surface area contributed by atoms with E-state index in [0.29, 0.717) is 18.1 Å². The summed E-state index contributed by atoms with van der Waals surface area (Å²) in [4.78, 5) is 16.8. The highest BCUT2D eigenvalue weighted by molar-refractivity contribution is 7.10. The van der Waals surface area contributed by atoms with E-state index in [1.807, 2.05) is 18.2 Å². The van der Waals surface area contributed by atoms with E-state index < -0.39 is 0 Å². The van der Waals surface area contributed by atoms with Gasteiger partial charge in [-0.05, 0) is 5.92 Å². The molecule has 1 heterocycles. The standard InChI is InChI=1S/C18H21NOS/c20-16(11-14-7-3-1-4-8-14)12-18-19-17(13-21-18)15-9-5-2-6-10-15/h2,5-6,9-10,13-14H,1,3-4,7-8,11-12H2. The van der Waals surface area contributed by atoms with Gasteiger partial charge in [-0.3, -0.25) is 4.79 Å². The van der Waals surface area contributed by atoms with E-state index in [-0.39, 0.29) is 0 Å². The van der Waals surface area contributed by atoms with Crippen LogP contribution in [-0.4, -0.2) is 10.8 Å². The van der Waals surface area contributed by atoms with Crippen molar-refractivity contribution in [3.63, 3.8) is 0 Å². The Morgan fingerprint density at radius 3 is 2.67 bits per heavy atom. The summed E-state index contributed by atoms with van der Waals surface area (Å²) in [6.07, 6.45) is 7.67. The SMILES string of the molecule is O=C(Cc1nc(-c2ccccc2)cs1)CC1CCCCC1. The van der Waals surface area contributed by atoms with Gasteiger partial charge in [0.05, 0.1) is 12.1 Å².